The maximum Gasteiger partial charge on any atom is 0.224 e. The first-order valence-corrected chi connectivity index (χ1v) is 13.1. The van der Waals surface area contributed by atoms with Gasteiger partial charge in [-0.1, -0.05) is 0 Å². The van der Waals surface area contributed by atoms with Crippen molar-refractivity contribution < 1.29 is 14.6 Å². The maximum atomic E-state index is 12.9. The highest BCUT2D eigenvalue weighted by Crippen LogP contribution is 2.38. The number of hydrogen-bond donors (Lipinski definition) is 3. The second kappa shape index (κ2) is 10.1. The molecule has 0 radical (unpaired) electrons. The third-order valence-electron chi connectivity index (χ3n) is 7.00. The van der Waals surface area contributed by atoms with Crippen LogP contribution in [0.5, 0.6) is 5.75 Å². The average molecular weight is 510 g/mol. The Morgan fingerprint density at radius 3 is 2.81 bits per heavy atom. The summed E-state index contributed by atoms with van der Waals surface area (Å²) in [5.74, 6) is 1.71. The first-order chi connectivity index (χ1) is 17.3. The molecule has 4 aliphatic rings. The molecule has 1 fully saturated rings. The van der Waals surface area contributed by atoms with E-state index in [0.717, 1.165) is 70.6 Å². The Bertz CT molecular complexity index is 1300. The normalized spacial score (nSPS) is 19.6. The first-order valence-electron chi connectivity index (χ1n) is 12.2. The van der Waals surface area contributed by atoms with E-state index in [2.05, 4.69) is 14.7 Å². The number of carbonyl (C=O) groups excluding carboxylic acids is 1. The summed E-state index contributed by atoms with van der Waals surface area (Å²) in [7, 11) is 1.65. The van der Waals surface area contributed by atoms with Crippen molar-refractivity contribution in [1.82, 2.24) is 25.3 Å². The number of amidine groups is 1. The van der Waals surface area contributed by atoms with Gasteiger partial charge in [0, 0.05) is 34.7 Å². The number of nitrogens with one attached hydrogen (secondary N) is 1. The predicted octanol–water partition coefficient (Wildman–Crippen LogP) is 2.28. The SMILES string of the molecule is COc1c(C)cnc(Cn2nc3cc(CC(=O)N[C@H]4CC[C@H](O)CC4)c4c-3c(n2)C(N)=NSC4)c1C. The van der Waals surface area contributed by atoms with E-state index >= 15 is 0 Å². The highest BCUT2D eigenvalue weighted by molar-refractivity contribution is 7.97. The number of amides is 1. The Labute approximate surface area is 214 Å². The number of aryl methyl sites for hydroxylation is 1. The van der Waals surface area contributed by atoms with Gasteiger partial charge in [0.25, 0.3) is 0 Å². The fourth-order valence-electron chi connectivity index (χ4n) is 5.11. The highest BCUT2D eigenvalue weighted by Gasteiger charge is 2.29. The van der Waals surface area contributed by atoms with Gasteiger partial charge in [0.15, 0.2) is 5.84 Å². The lowest BCUT2D eigenvalue weighted by atomic mass is 9.93. The third-order valence-corrected chi connectivity index (χ3v) is 7.74. The molecule has 0 unspecified atom stereocenters. The molecule has 0 aromatic carbocycles. The molecule has 36 heavy (non-hydrogen) atoms. The fraction of sp³-hybridized carbons (Fsp3) is 0.480. The van der Waals surface area contributed by atoms with E-state index in [0.29, 0.717) is 23.8 Å². The van der Waals surface area contributed by atoms with E-state index in [4.69, 9.17) is 20.7 Å². The van der Waals surface area contributed by atoms with E-state index in [1.165, 1.54) is 11.9 Å². The van der Waals surface area contributed by atoms with E-state index < -0.39 is 0 Å². The minimum absolute atomic E-state index is 0.0277. The summed E-state index contributed by atoms with van der Waals surface area (Å²) in [6, 6.07) is 2.07. The lowest BCUT2D eigenvalue weighted by Gasteiger charge is -2.26. The van der Waals surface area contributed by atoms with Crippen LogP contribution in [0.25, 0.3) is 11.3 Å². The molecule has 11 heteroatoms. The van der Waals surface area contributed by atoms with Gasteiger partial charge < -0.3 is 20.9 Å². The van der Waals surface area contributed by atoms with Gasteiger partial charge in [0.05, 0.1) is 31.0 Å². The number of pyridine rings is 1. The summed E-state index contributed by atoms with van der Waals surface area (Å²) in [6.07, 6.45) is 4.84. The molecule has 2 aliphatic heterocycles. The second-order valence-electron chi connectivity index (χ2n) is 9.53. The second-order valence-corrected chi connectivity index (χ2v) is 10.3. The highest BCUT2D eigenvalue weighted by atomic mass is 32.2. The molecule has 1 amide bonds. The molecule has 2 aliphatic carbocycles. The number of aliphatic hydroxyl groups excluding tert-OH is 1. The fourth-order valence-corrected chi connectivity index (χ4v) is 5.86. The Morgan fingerprint density at radius 1 is 1.28 bits per heavy atom. The predicted molar refractivity (Wildman–Crippen MR) is 138 cm³/mol. The third kappa shape index (κ3) is 4.77. The van der Waals surface area contributed by atoms with Gasteiger partial charge in [-0.25, -0.2) is 0 Å². The number of hydrogen-bond acceptors (Lipinski definition) is 9. The molecule has 10 nitrogen and oxygen atoms in total. The zero-order chi connectivity index (χ0) is 25.4. The van der Waals surface area contributed by atoms with Crippen molar-refractivity contribution >= 4 is 23.7 Å². The quantitative estimate of drug-likeness (QED) is 0.430. The van der Waals surface area contributed by atoms with Gasteiger partial charge in [-0.15, -0.1) is 0 Å². The van der Waals surface area contributed by atoms with Crippen LogP contribution in [0.4, 0.5) is 0 Å². The Kier molecular flexibility index (Phi) is 6.85. The molecule has 5 rings (SSSR count). The minimum Gasteiger partial charge on any atom is -0.496 e. The summed E-state index contributed by atoms with van der Waals surface area (Å²) >= 11 is 1.35. The zero-order valence-electron chi connectivity index (χ0n) is 20.7. The molecule has 1 aromatic heterocycles. The van der Waals surface area contributed by atoms with Crippen LogP contribution in [0.2, 0.25) is 0 Å². The number of carbonyl (C=O) groups is 1. The van der Waals surface area contributed by atoms with Crippen LogP contribution < -0.4 is 15.8 Å². The number of methoxy groups -OCH3 is 1. The molecule has 190 valence electrons. The largest absolute Gasteiger partial charge is 0.496 e. The summed E-state index contributed by atoms with van der Waals surface area (Å²) in [5.41, 5.74) is 13.1. The lowest BCUT2D eigenvalue weighted by Crippen LogP contribution is -2.39. The van der Waals surface area contributed by atoms with Crippen LogP contribution in [0, 0.1) is 13.8 Å². The van der Waals surface area contributed by atoms with Crippen molar-refractivity contribution in [2.24, 2.45) is 10.1 Å². The number of aliphatic hydroxyl groups is 1. The molecule has 1 saturated carbocycles. The number of nitrogens with zero attached hydrogens (tertiary/aromatic N) is 5. The smallest absolute Gasteiger partial charge is 0.224 e. The molecule has 4 N–H and O–H groups in total. The van der Waals surface area contributed by atoms with Crippen molar-refractivity contribution in [3.05, 3.63) is 45.9 Å². The van der Waals surface area contributed by atoms with Crippen LogP contribution >= 0.6 is 11.9 Å². The van der Waals surface area contributed by atoms with E-state index in [1.807, 2.05) is 19.9 Å². The van der Waals surface area contributed by atoms with Gasteiger partial charge in [0.2, 0.25) is 5.91 Å². The van der Waals surface area contributed by atoms with E-state index in [1.54, 1.807) is 18.1 Å². The number of aromatic nitrogens is 4. The first kappa shape index (κ1) is 24.5. The van der Waals surface area contributed by atoms with Crippen molar-refractivity contribution in [1.29, 1.82) is 0 Å². The van der Waals surface area contributed by atoms with Crippen molar-refractivity contribution in [2.75, 3.05) is 7.11 Å². The van der Waals surface area contributed by atoms with Crippen molar-refractivity contribution in [3.63, 3.8) is 0 Å². The van der Waals surface area contributed by atoms with E-state index in [9.17, 15) is 9.90 Å². The van der Waals surface area contributed by atoms with Gasteiger partial charge in [-0.2, -0.15) is 19.4 Å². The van der Waals surface area contributed by atoms with Crippen molar-refractivity contribution in [3.8, 4) is 17.0 Å². The van der Waals surface area contributed by atoms with Crippen molar-refractivity contribution in [2.45, 2.75) is 70.4 Å². The monoisotopic (exact) mass is 509 g/mol. The van der Waals surface area contributed by atoms with Crippen LogP contribution in [0.3, 0.4) is 0 Å². The number of rotatable bonds is 6. The molecule has 0 saturated heterocycles. The maximum absolute atomic E-state index is 12.9. The average Bonchev–Trinajstić information content (AvgIpc) is 3.08. The topological polar surface area (TPSA) is 141 Å². The lowest BCUT2D eigenvalue weighted by molar-refractivity contribution is -0.121. The molecule has 0 bridgehead atoms. The van der Waals surface area contributed by atoms with E-state index in [-0.39, 0.29) is 24.5 Å². The van der Waals surface area contributed by atoms with Crippen LogP contribution in [0.15, 0.2) is 16.7 Å². The summed E-state index contributed by atoms with van der Waals surface area (Å²) in [4.78, 5) is 19.1. The molecule has 0 spiro atoms. The molecule has 3 heterocycles. The van der Waals surface area contributed by atoms with Gasteiger partial charge >= 0.3 is 0 Å². The standard InChI is InChI=1S/C25H31N7O3S/c1-13-10-27-20(14(2)24(13)35-3)11-32-29-19-8-15(9-21(34)28-16-4-6-17(33)7-5-16)18-12-36-31-25(26)23(30-32)22(18)19/h8,10,16-17,33H,4-7,9,11-12H2,1-3H3,(H2,26,31)(H,28,34)/t16-,17-. The van der Waals surface area contributed by atoms with Gasteiger partial charge in [-0.05, 0) is 68.7 Å². The molecular formula is C25H31N7O3S. The Balaban J connectivity index is 1.45. The molecule has 1 aromatic rings. The Hall–Kier alpha value is -3.18. The van der Waals surface area contributed by atoms with Crippen LogP contribution in [-0.2, 0) is 23.5 Å². The number of nitrogens with two attached hydrogens (primary N) is 1. The molecular weight excluding hydrogens is 478 g/mol. The summed E-state index contributed by atoms with van der Waals surface area (Å²) in [6.45, 7) is 4.27. The Morgan fingerprint density at radius 2 is 2.06 bits per heavy atom. The summed E-state index contributed by atoms with van der Waals surface area (Å²) < 4.78 is 9.95. The van der Waals surface area contributed by atoms with Gasteiger partial charge in [-0.3, -0.25) is 9.78 Å². The molecule has 0 atom stereocenters. The van der Waals surface area contributed by atoms with Gasteiger partial charge in [0.1, 0.15) is 18.0 Å². The van der Waals surface area contributed by atoms with Crippen LogP contribution in [0.1, 0.15) is 59.3 Å². The van der Waals surface area contributed by atoms with Crippen LogP contribution in [-0.4, -0.2) is 56.1 Å². The zero-order valence-corrected chi connectivity index (χ0v) is 21.6. The number of ether oxygens (including phenoxy) is 1. The minimum atomic E-state index is -0.252. The summed E-state index contributed by atoms with van der Waals surface area (Å²) in [5, 5.41) is 22.3.